The van der Waals surface area contributed by atoms with Crippen LogP contribution in [0.4, 0.5) is 5.69 Å². The van der Waals surface area contributed by atoms with Crippen LogP contribution in [0.1, 0.15) is 6.92 Å². The molecular formula is C15H25N3O. The van der Waals surface area contributed by atoms with Crippen molar-refractivity contribution in [3.05, 3.63) is 24.3 Å². The van der Waals surface area contributed by atoms with Crippen molar-refractivity contribution in [3.8, 4) is 5.75 Å². The summed E-state index contributed by atoms with van der Waals surface area (Å²) in [6.45, 7) is 8.76. The summed E-state index contributed by atoms with van der Waals surface area (Å²) in [6.07, 6.45) is 0. The van der Waals surface area contributed by atoms with Crippen molar-refractivity contribution in [1.82, 2.24) is 9.80 Å². The molecule has 0 saturated carbocycles. The highest BCUT2D eigenvalue weighted by molar-refractivity contribution is 5.43. The molecule has 0 aromatic heterocycles. The highest BCUT2D eigenvalue weighted by atomic mass is 16.5. The maximum Gasteiger partial charge on any atom is 0.121 e. The van der Waals surface area contributed by atoms with Crippen LogP contribution in [0.3, 0.4) is 0 Å². The number of nitrogens with zero attached hydrogens (tertiary/aromatic N) is 2. The molecule has 0 bridgehead atoms. The number of benzene rings is 1. The van der Waals surface area contributed by atoms with E-state index in [9.17, 15) is 0 Å². The van der Waals surface area contributed by atoms with Gasteiger partial charge in [-0.1, -0.05) is 13.0 Å². The van der Waals surface area contributed by atoms with Crippen LogP contribution < -0.4 is 10.5 Å². The molecule has 1 heterocycles. The molecule has 1 aromatic rings. The van der Waals surface area contributed by atoms with E-state index in [0.717, 1.165) is 24.6 Å². The van der Waals surface area contributed by atoms with Gasteiger partial charge in [0, 0.05) is 50.4 Å². The van der Waals surface area contributed by atoms with E-state index in [-0.39, 0.29) is 0 Å². The van der Waals surface area contributed by atoms with Crippen molar-refractivity contribution in [2.24, 2.45) is 5.92 Å². The molecule has 1 aliphatic rings. The Labute approximate surface area is 116 Å². The van der Waals surface area contributed by atoms with E-state index in [0.29, 0.717) is 5.92 Å². The summed E-state index contributed by atoms with van der Waals surface area (Å²) >= 11 is 0. The summed E-state index contributed by atoms with van der Waals surface area (Å²) in [5.74, 6) is 1.40. The Kier molecular flexibility index (Phi) is 5.05. The lowest BCUT2D eigenvalue weighted by atomic mass is 10.1. The van der Waals surface area contributed by atoms with Gasteiger partial charge in [0.25, 0.3) is 0 Å². The molecule has 1 saturated heterocycles. The monoisotopic (exact) mass is 263 g/mol. The van der Waals surface area contributed by atoms with Crippen molar-refractivity contribution < 1.29 is 4.74 Å². The van der Waals surface area contributed by atoms with Crippen LogP contribution in [0.5, 0.6) is 5.75 Å². The van der Waals surface area contributed by atoms with E-state index in [2.05, 4.69) is 23.8 Å². The minimum Gasteiger partial charge on any atom is -0.493 e. The van der Waals surface area contributed by atoms with Crippen LogP contribution >= 0.6 is 0 Å². The van der Waals surface area contributed by atoms with Crippen molar-refractivity contribution in [1.29, 1.82) is 0 Å². The first-order valence-corrected chi connectivity index (χ1v) is 7.03. The van der Waals surface area contributed by atoms with E-state index in [1.165, 1.54) is 26.2 Å². The maximum atomic E-state index is 5.79. The van der Waals surface area contributed by atoms with Crippen LogP contribution in [0.15, 0.2) is 24.3 Å². The number of hydrogen-bond acceptors (Lipinski definition) is 4. The van der Waals surface area contributed by atoms with Gasteiger partial charge in [0.2, 0.25) is 0 Å². The van der Waals surface area contributed by atoms with Gasteiger partial charge in [0.15, 0.2) is 0 Å². The Balaban J connectivity index is 1.71. The Bertz CT molecular complexity index is 389. The molecule has 0 aliphatic carbocycles. The first-order valence-electron chi connectivity index (χ1n) is 7.03. The van der Waals surface area contributed by atoms with Gasteiger partial charge in [0.05, 0.1) is 6.61 Å². The summed E-state index contributed by atoms with van der Waals surface area (Å²) in [5, 5.41) is 0. The fourth-order valence-corrected chi connectivity index (χ4v) is 2.37. The predicted octanol–water partition coefficient (Wildman–Crippen LogP) is 1.53. The summed E-state index contributed by atoms with van der Waals surface area (Å²) in [4.78, 5) is 4.90. The van der Waals surface area contributed by atoms with E-state index < -0.39 is 0 Å². The molecule has 106 valence electrons. The third kappa shape index (κ3) is 4.73. The topological polar surface area (TPSA) is 41.7 Å². The zero-order valence-electron chi connectivity index (χ0n) is 12.0. The normalized spacial score (nSPS) is 19.3. The van der Waals surface area contributed by atoms with E-state index in [4.69, 9.17) is 10.5 Å². The second kappa shape index (κ2) is 6.78. The largest absolute Gasteiger partial charge is 0.493 e. The van der Waals surface area contributed by atoms with Crippen LogP contribution in [0, 0.1) is 5.92 Å². The van der Waals surface area contributed by atoms with Gasteiger partial charge in [-0.2, -0.15) is 0 Å². The number of nitrogen functional groups attached to an aromatic ring is 1. The zero-order valence-corrected chi connectivity index (χ0v) is 12.0. The molecular weight excluding hydrogens is 238 g/mol. The van der Waals surface area contributed by atoms with Crippen LogP contribution in [-0.2, 0) is 0 Å². The van der Waals surface area contributed by atoms with E-state index >= 15 is 0 Å². The summed E-state index contributed by atoms with van der Waals surface area (Å²) in [7, 11) is 2.18. The molecule has 1 aromatic carbocycles. The molecule has 2 N–H and O–H groups in total. The lowest BCUT2D eigenvalue weighted by molar-refractivity contribution is 0.123. The first kappa shape index (κ1) is 14.2. The Morgan fingerprint density at radius 2 is 2.00 bits per heavy atom. The second-order valence-electron chi connectivity index (χ2n) is 5.59. The Morgan fingerprint density at radius 3 is 2.68 bits per heavy atom. The Morgan fingerprint density at radius 1 is 1.26 bits per heavy atom. The molecule has 4 nitrogen and oxygen atoms in total. The predicted molar refractivity (Wildman–Crippen MR) is 79.5 cm³/mol. The molecule has 4 heteroatoms. The zero-order chi connectivity index (χ0) is 13.7. The highest BCUT2D eigenvalue weighted by Gasteiger charge is 2.16. The van der Waals surface area contributed by atoms with Crippen molar-refractivity contribution in [3.63, 3.8) is 0 Å². The molecule has 1 aliphatic heterocycles. The third-order valence-corrected chi connectivity index (χ3v) is 3.56. The lowest BCUT2D eigenvalue weighted by Gasteiger charge is -2.33. The standard InChI is InChI=1S/C15H25N3O/c1-13(11-18-8-6-17(2)7-9-18)12-19-15-5-3-4-14(16)10-15/h3-5,10,13H,6-9,11-12,16H2,1-2H3. The van der Waals surface area contributed by atoms with Gasteiger partial charge < -0.3 is 20.3 Å². The number of piperazine rings is 1. The average Bonchev–Trinajstić information content (AvgIpc) is 2.39. The molecule has 1 atom stereocenters. The summed E-state index contributed by atoms with van der Waals surface area (Å²) in [5.41, 5.74) is 6.49. The van der Waals surface area contributed by atoms with Gasteiger partial charge in [-0.25, -0.2) is 0 Å². The van der Waals surface area contributed by atoms with E-state index in [1.54, 1.807) is 0 Å². The minimum atomic E-state index is 0.532. The number of anilines is 1. The Hall–Kier alpha value is -1.26. The highest BCUT2D eigenvalue weighted by Crippen LogP contribution is 2.15. The van der Waals surface area contributed by atoms with Crippen LogP contribution in [0.25, 0.3) is 0 Å². The summed E-state index contributed by atoms with van der Waals surface area (Å²) < 4.78 is 5.79. The van der Waals surface area contributed by atoms with Crippen LogP contribution in [0.2, 0.25) is 0 Å². The van der Waals surface area contributed by atoms with Gasteiger partial charge in [0.1, 0.15) is 5.75 Å². The van der Waals surface area contributed by atoms with Gasteiger partial charge in [-0.05, 0) is 19.2 Å². The lowest BCUT2D eigenvalue weighted by Crippen LogP contribution is -2.46. The second-order valence-corrected chi connectivity index (χ2v) is 5.59. The quantitative estimate of drug-likeness (QED) is 0.818. The number of rotatable bonds is 5. The number of nitrogens with two attached hydrogens (primary N) is 1. The average molecular weight is 263 g/mol. The minimum absolute atomic E-state index is 0.532. The number of hydrogen-bond donors (Lipinski definition) is 1. The molecule has 2 rings (SSSR count). The fourth-order valence-electron chi connectivity index (χ4n) is 2.37. The van der Waals surface area contributed by atoms with Crippen molar-refractivity contribution in [2.45, 2.75) is 6.92 Å². The molecule has 1 unspecified atom stereocenters. The third-order valence-electron chi connectivity index (χ3n) is 3.56. The van der Waals surface area contributed by atoms with Gasteiger partial charge in [-0.3, -0.25) is 0 Å². The maximum absolute atomic E-state index is 5.79. The number of ether oxygens (including phenoxy) is 1. The first-order chi connectivity index (χ1) is 9.13. The van der Waals surface area contributed by atoms with Crippen LogP contribution in [-0.4, -0.2) is 56.2 Å². The van der Waals surface area contributed by atoms with E-state index in [1.807, 2.05) is 24.3 Å². The molecule has 1 fully saturated rings. The summed E-state index contributed by atoms with van der Waals surface area (Å²) in [6, 6.07) is 7.64. The SMILES string of the molecule is CC(COc1cccc(N)c1)CN1CCN(C)CC1. The number of likely N-dealkylation sites (N-methyl/N-ethyl adjacent to an activating group) is 1. The van der Waals surface area contributed by atoms with Crippen molar-refractivity contribution in [2.75, 3.05) is 52.1 Å². The van der Waals surface area contributed by atoms with Gasteiger partial charge in [-0.15, -0.1) is 0 Å². The van der Waals surface area contributed by atoms with Gasteiger partial charge >= 0.3 is 0 Å². The fraction of sp³-hybridized carbons (Fsp3) is 0.600. The molecule has 19 heavy (non-hydrogen) atoms. The smallest absolute Gasteiger partial charge is 0.121 e. The van der Waals surface area contributed by atoms with Crippen molar-refractivity contribution >= 4 is 5.69 Å². The molecule has 0 amide bonds. The molecule has 0 spiro atoms. The molecule has 0 radical (unpaired) electrons.